The van der Waals surface area contributed by atoms with Gasteiger partial charge in [0.15, 0.2) is 0 Å². The number of rotatable bonds is 5. The highest BCUT2D eigenvalue weighted by molar-refractivity contribution is 7.89. The summed E-state index contributed by atoms with van der Waals surface area (Å²) in [7, 11) is -2.18. The second kappa shape index (κ2) is 6.17. The Hall–Kier alpha value is -1.11. The number of sulfonamides is 1. The van der Waals surface area contributed by atoms with Gasteiger partial charge in [0.2, 0.25) is 15.9 Å². The van der Waals surface area contributed by atoms with Gasteiger partial charge < -0.3 is 5.32 Å². The normalized spacial score (nSPS) is 13.1. The van der Waals surface area contributed by atoms with Crippen molar-refractivity contribution < 1.29 is 13.2 Å². The molecule has 1 unspecified atom stereocenters. The number of hydrogen-bond donors (Lipinski definition) is 2. The van der Waals surface area contributed by atoms with Crippen LogP contribution >= 0.6 is 11.6 Å². The van der Waals surface area contributed by atoms with Gasteiger partial charge >= 0.3 is 0 Å². The third kappa shape index (κ3) is 3.69. The predicted molar refractivity (Wildman–Crippen MR) is 71.2 cm³/mol. The van der Waals surface area contributed by atoms with Gasteiger partial charge in [0.05, 0.1) is 4.90 Å². The maximum Gasteiger partial charge on any atom is 0.240 e. The summed E-state index contributed by atoms with van der Waals surface area (Å²) in [4.78, 5) is 11.7. The van der Waals surface area contributed by atoms with Gasteiger partial charge in [-0.05, 0) is 25.2 Å². The van der Waals surface area contributed by atoms with Crippen molar-refractivity contribution in [2.75, 3.05) is 18.2 Å². The van der Waals surface area contributed by atoms with Crippen molar-refractivity contribution in [3.05, 3.63) is 24.3 Å². The van der Waals surface area contributed by atoms with Crippen LogP contribution in [0.2, 0.25) is 0 Å². The zero-order chi connectivity index (χ0) is 13.8. The van der Waals surface area contributed by atoms with Gasteiger partial charge in [0.25, 0.3) is 0 Å². The molecule has 18 heavy (non-hydrogen) atoms. The van der Waals surface area contributed by atoms with E-state index in [4.69, 9.17) is 11.6 Å². The monoisotopic (exact) mass is 290 g/mol. The van der Waals surface area contributed by atoms with Crippen LogP contribution in [0.25, 0.3) is 0 Å². The fourth-order valence-electron chi connectivity index (χ4n) is 1.19. The van der Waals surface area contributed by atoms with Crippen molar-refractivity contribution in [3.63, 3.8) is 0 Å². The van der Waals surface area contributed by atoms with Crippen LogP contribution in [-0.2, 0) is 14.8 Å². The molecule has 0 aromatic heterocycles. The Morgan fingerprint density at radius 2 is 2.11 bits per heavy atom. The Labute approximate surface area is 112 Å². The molecule has 1 rings (SSSR count). The summed E-state index contributed by atoms with van der Waals surface area (Å²) in [5, 5.41) is 2.61. The summed E-state index contributed by atoms with van der Waals surface area (Å²) in [6.07, 6.45) is 0. The molecule has 0 saturated carbocycles. The van der Waals surface area contributed by atoms with Crippen LogP contribution in [0.1, 0.15) is 6.92 Å². The molecular weight excluding hydrogens is 276 g/mol. The number of carbonyl (C=O) groups is 1. The standard InChI is InChI=1S/C11H15ClN2O3S/c1-8(7-12)11(15)14-9-4-3-5-10(6-9)18(16,17)13-2/h3-6,8,13H,7H2,1-2H3,(H,14,15). The maximum absolute atomic E-state index is 11.6. The lowest BCUT2D eigenvalue weighted by Gasteiger charge is -2.10. The molecular formula is C11H15ClN2O3S. The molecule has 1 aromatic rings. The van der Waals surface area contributed by atoms with Crippen LogP contribution < -0.4 is 10.0 Å². The SMILES string of the molecule is CNS(=O)(=O)c1cccc(NC(=O)C(C)CCl)c1. The second-order valence-corrected chi connectivity index (χ2v) is 5.98. The Morgan fingerprint density at radius 1 is 1.44 bits per heavy atom. The summed E-state index contributed by atoms with van der Waals surface area (Å²) in [5.41, 5.74) is 0.424. The molecule has 0 bridgehead atoms. The Morgan fingerprint density at radius 3 is 2.67 bits per heavy atom. The number of carbonyl (C=O) groups excluding carboxylic acids is 1. The lowest BCUT2D eigenvalue weighted by atomic mass is 10.2. The molecule has 0 fully saturated rings. The number of hydrogen-bond acceptors (Lipinski definition) is 3. The Bertz CT molecular complexity index is 531. The number of halogens is 1. The lowest BCUT2D eigenvalue weighted by Crippen LogP contribution is -2.22. The average Bonchev–Trinajstić information content (AvgIpc) is 2.38. The zero-order valence-electron chi connectivity index (χ0n) is 10.1. The first-order chi connectivity index (χ1) is 8.40. The second-order valence-electron chi connectivity index (χ2n) is 3.78. The van der Waals surface area contributed by atoms with Crippen molar-refractivity contribution in [1.82, 2.24) is 4.72 Å². The Balaban J connectivity index is 2.94. The largest absolute Gasteiger partial charge is 0.326 e. The topological polar surface area (TPSA) is 75.3 Å². The lowest BCUT2D eigenvalue weighted by molar-refractivity contribution is -0.118. The molecule has 0 spiro atoms. The molecule has 1 amide bonds. The minimum Gasteiger partial charge on any atom is -0.326 e. The highest BCUT2D eigenvalue weighted by Crippen LogP contribution is 2.16. The van der Waals surface area contributed by atoms with E-state index >= 15 is 0 Å². The third-order valence-corrected chi connectivity index (χ3v) is 4.23. The fraction of sp³-hybridized carbons (Fsp3) is 0.364. The quantitative estimate of drug-likeness (QED) is 0.805. The first kappa shape index (κ1) is 14.9. The molecule has 0 heterocycles. The van der Waals surface area contributed by atoms with E-state index in [1.807, 2.05) is 0 Å². The van der Waals surface area contributed by atoms with Gasteiger partial charge in [0, 0.05) is 17.5 Å². The van der Waals surface area contributed by atoms with Crippen LogP contribution in [0.5, 0.6) is 0 Å². The number of alkyl halides is 1. The maximum atomic E-state index is 11.6. The van der Waals surface area contributed by atoms with E-state index in [2.05, 4.69) is 10.0 Å². The summed E-state index contributed by atoms with van der Waals surface area (Å²) in [5.74, 6) is -0.374. The van der Waals surface area contributed by atoms with E-state index in [1.54, 1.807) is 19.1 Å². The first-order valence-electron chi connectivity index (χ1n) is 5.31. The molecule has 7 heteroatoms. The molecule has 0 aliphatic carbocycles. The average molecular weight is 291 g/mol. The van der Waals surface area contributed by atoms with Crippen molar-refractivity contribution in [1.29, 1.82) is 0 Å². The van der Waals surface area contributed by atoms with Crippen LogP contribution in [0.3, 0.4) is 0 Å². The van der Waals surface area contributed by atoms with E-state index in [9.17, 15) is 13.2 Å². The van der Waals surface area contributed by atoms with Gasteiger partial charge in [0.1, 0.15) is 0 Å². The van der Waals surface area contributed by atoms with E-state index in [-0.39, 0.29) is 22.6 Å². The Kier molecular flexibility index (Phi) is 5.13. The molecule has 1 atom stereocenters. The molecule has 0 radical (unpaired) electrons. The predicted octanol–water partition coefficient (Wildman–Crippen LogP) is 1.41. The van der Waals surface area contributed by atoms with Gasteiger partial charge in [-0.3, -0.25) is 4.79 Å². The number of amides is 1. The minimum atomic E-state index is -3.51. The third-order valence-electron chi connectivity index (χ3n) is 2.36. The van der Waals surface area contributed by atoms with Crippen LogP contribution in [0, 0.1) is 5.92 Å². The van der Waals surface area contributed by atoms with Gasteiger partial charge in [-0.2, -0.15) is 0 Å². The summed E-state index contributed by atoms with van der Waals surface area (Å²) in [6.45, 7) is 1.69. The van der Waals surface area contributed by atoms with E-state index in [0.717, 1.165) is 0 Å². The molecule has 5 nitrogen and oxygen atoms in total. The summed E-state index contributed by atoms with van der Waals surface area (Å²) in [6, 6.07) is 6.02. The minimum absolute atomic E-state index is 0.0985. The fourth-order valence-corrected chi connectivity index (χ4v) is 2.11. The molecule has 2 N–H and O–H groups in total. The number of anilines is 1. The summed E-state index contributed by atoms with van der Waals surface area (Å²) >= 11 is 5.57. The first-order valence-corrected chi connectivity index (χ1v) is 7.33. The highest BCUT2D eigenvalue weighted by atomic mass is 35.5. The van der Waals surface area contributed by atoms with Crippen LogP contribution in [-0.4, -0.2) is 27.3 Å². The van der Waals surface area contributed by atoms with Crippen LogP contribution in [0.4, 0.5) is 5.69 Å². The van der Waals surface area contributed by atoms with Gasteiger partial charge in [-0.1, -0.05) is 13.0 Å². The van der Waals surface area contributed by atoms with Crippen molar-refractivity contribution in [2.45, 2.75) is 11.8 Å². The van der Waals surface area contributed by atoms with E-state index < -0.39 is 10.0 Å². The van der Waals surface area contributed by atoms with Crippen molar-refractivity contribution >= 4 is 33.2 Å². The highest BCUT2D eigenvalue weighted by Gasteiger charge is 2.14. The smallest absolute Gasteiger partial charge is 0.240 e. The summed E-state index contributed by atoms with van der Waals surface area (Å²) < 4.78 is 25.4. The molecule has 0 aliphatic rings. The molecule has 0 saturated heterocycles. The molecule has 100 valence electrons. The van der Waals surface area contributed by atoms with Gasteiger partial charge in [-0.15, -0.1) is 11.6 Å². The van der Waals surface area contributed by atoms with Crippen molar-refractivity contribution in [2.24, 2.45) is 5.92 Å². The molecule has 0 aliphatic heterocycles. The van der Waals surface area contributed by atoms with E-state index in [1.165, 1.54) is 19.2 Å². The van der Waals surface area contributed by atoms with Crippen molar-refractivity contribution in [3.8, 4) is 0 Å². The molecule has 1 aromatic carbocycles. The number of benzene rings is 1. The zero-order valence-corrected chi connectivity index (χ0v) is 11.7. The number of nitrogens with one attached hydrogen (secondary N) is 2. The van der Waals surface area contributed by atoms with E-state index in [0.29, 0.717) is 5.69 Å². The van der Waals surface area contributed by atoms with Gasteiger partial charge in [-0.25, -0.2) is 13.1 Å². The van der Waals surface area contributed by atoms with Crippen LogP contribution in [0.15, 0.2) is 29.2 Å².